The van der Waals surface area contributed by atoms with Crippen LogP contribution in [0.15, 0.2) is 24.4 Å². The summed E-state index contributed by atoms with van der Waals surface area (Å²) in [6.07, 6.45) is 4.75. The number of ether oxygens (including phenoxy) is 1. The van der Waals surface area contributed by atoms with Gasteiger partial charge in [0.15, 0.2) is 5.65 Å². The third kappa shape index (κ3) is 4.23. The van der Waals surface area contributed by atoms with Crippen molar-refractivity contribution in [1.82, 2.24) is 29.2 Å². The van der Waals surface area contributed by atoms with Gasteiger partial charge in [0, 0.05) is 39.2 Å². The smallest absolute Gasteiger partial charge is 0.222 e. The van der Waals surface area contributed by atoms with Gasteiger partial charge in [-0.15, -0.1) is 0 Å². The number of carbonyl (C=O) groups is 1. The Hall–Kier alpha value is -2.74. The molecule has 3 aromatic rings. The molecule has 30 heavy (non-hydrogen) atoms. The van der Waals surface area contributed by atoms with Crippen LogP contribution in [-0.4, -0.2) is 55.4 Å². The van der Waals surface area contributed by atoms with Crippen molar-refractivity contribution in [2.45, 2.75) is 58.7 Å². The van der Waals surface area contributed by atoms with Crippen molar-refractivity contribution in [2.75, 3.05) is 20.3 Å². The summed E-state index contributed by atoms with van der Waals surface area (Å²) in [5.41, 5.74) is 3.90. The van der Waals surface area contributed by atoms with Gasteiger partial charge in [-0.1, -0.05) is 0 Å². The highest BCUT2D eigenvalue weighted by Gasteiger charge is 2.21. The van der Waals surface area contributed by atoms with E-state index >= 15 is 0 Å². The van der Waals surface area contributed by atoms with Gasteiger partial charge in [-0.3, -0.25) is 9.48 Å². The number of amides is 1. The van der Waals surface area contributed by atoms with E-state index in [4.69, 9.17) is 9.72 Å². The normalized spacial score (nSPS) is 15.2. The van der Waals surface area contributed by atoms with Gasteiger partial charge in [0.2, 0.25) is 5.91 Å². The Morgan fingerprint density at radius 1 is 1.33 bits per heavy atom. The van der Waals surface area contributed by atoms with Crippen molar-refractivity contribution in [3.8, 4) is 0 Å². The van der Waals surface area contributed by atoms with Gasteiger partial charge in [0.1, 0.15) is 11.3 Å². The second kappa shape index (κ2) is 8.95. The number of aryl methyl sites for hydroxylation is 3. The van der Waals surface area contributed by atoms with E-state index in [9.17, 15) is 4.79 Å². The Bertz CT molecular complexity index is 1020. The maximum Gasteiger partial charge on any atom is 0.222 e. The Balaban J connectivity index is 1.42. The summed E-state index contributed by atoms with van der Waals surface area (Å²) in [7, 11) is 1.70. The molecule has 0 saturated heterocycles. The van der Waals surface area contributed by atoms with E-state index in [-0.39, 0.29) is 11.9 Å². The molecule has 0 radical (unpaired) electrons. The van der Waals surface area contributed by atoms with Gasteiger partial charge in [0.05, 0.1) is 30.6 Å². The van der Waals surface area contributed by atoms with Crippen molar-refractivity contribution in [3.63, 3.8) is 0 Å². The molecule has 0 saturated carbocycles. The molecule has 1 atom stereocenters. The minimum Gasteiger partial charge on any atom is -0.383 e. The predicted octanol–water partition coefficient (Wildman–Crippen LogP) is 2.90. The van der Waals surface area contributed by atoms with E-state index in [0.717, 1.165) is 60.7 Å². The van der Waals surface area contributed by atoms with Gasteiger partial charge in [-0.2, -0.15) is 5.10 Å². The summed E-state index contributed by atoms with van der Waals surface area (Å²) in [6.45, 7) is 7.01. The zero-order valence-electron chi connectivity index (χ0n) is 18.0. The molecule has 3 aromatic heterocycles. The molecule has 1 amide bonds. The van der Waals surface area contributed by atoms with Gasteiger partial charge >= 0.3 is 0 Å². The number of pyridine rings is 1. The fraction of sp³-hybridized carbons (Fsp3) is 0.545. The average Bonchev–Trinajstić information content (AvgIpc) is 3.20. The molecule has 4 heterocycles. The lowest BCUT2D eigenvalue weighted by molar-refractivity contribution is -0.131. The number of aromatic nitrogens is 5. The highest BCUT2D eigenvalue weighted by molar-refractivity contribution is 5.76. The van der Waals surface area contributed by atoms with Crippen molar-refractivity contribution in [1.29, 1.82) is 0 Å². The second-order valence-corrected chi connectivity index (χ2v) is 8.07. The maximum atomic E-state index is 12.9. The molecule has 0 fully saturated rings. The summed E-state index contributed by atoms with van der Waals surface area (Å²) in [5, 5.41) is 4.52. The number of hydrogen-bond acceptors (Lipinski definition) is 5. The van der Waals surface area contributed by atoms with Crippen LogP contribution in [0.25, 0.3) is 11.2 Å². The average molecular weight is 411 g/mol. The molecule has 0 bridgehead atoms. The number of nitrogens with zero attached hydrogens (tertiary/aromatic N) is 6. The number of imidazole rings is 1. The SMILES string of the molecule is COC[C@H](C)n1c(CCCC(=O)N2CCCn3nc(C)cc3C2)nc2cccnc21. The highest BCUT2D eigenvalue weighted by atomic mass is 16.5. The standard InChI is InChI=1S/C22H30N6O2/c1-16-13-18-14-26(11-6-12-27(18)25-16)21(29)9-4-8-20-24-19-7-5-10-23-22(19)28(20)17(2)15-30-3/h5,7,10,13,17H,4,6,8-9,11-12,14-15H2,1-3H3/t17-/m0/s1. The first-order valence-electron chi connectivity index (χ1n) is 10.7. The molecule has 1 aliphatic rings. The summed E-state index contributed by atoms with van der Waals surface area (Å²) in [4.78, 5) is 24.2. The monoisotopic (exact) mass is 410 g/mol. The molecule has 1 aliphatic heterocycles. The quantitative estimate of drug-likeness (QED) is 0.598. The topological polar surface area (TPSA) is 78.1 Å². The van der Waals surface area contributed by atoms with Crippen LogP contribution >= 0.6 is 0 Å². The van der Waals surface area contributed by atoms with E-state index in [1.165, 1.54) is 0 Å². The molecule has 4 rings (SSSR count). The maximum absolute atomic E-state index is 12.9. The molecule has 0 aliphatic carbocycles. The molecule has 160 valence electrons. The van der Waals surface area contributed by atoms with Gasteiger partial charge < -0.3 is 14.2 Å². The van der Waals surface area contributed by atoms with Crippen LogP contribution in [-0.2, 0) is 29.0 Å². The third-order valence-electron chi connectivity index (χ3n) is 5.65. The Kier molecular flexibility index (Phi) is 6.13. The zero-order chi connectivity index (χ0) is 21.1. The highest BCUT2D eigenvalue weighted by Crippen LogP contribution is 2.21. The molecule has 0 spiro atoms. The second-order valence-electron chi connectivity index (χ2n) is 8.07. The van der Waals surface area contributed by atoms with Crippen LogP contribution in [0.4, 0.5) is 0 Å². The lowest BCUT2D eigenvalue weighted by Crippen LogP contribution is -2.30. The number of methoxy groups -OCH3 is 1. The first-order chi connectivity index (χ1) is 14.6. The summed E-state index contributed by atoms with van der Waals surface area (Å²) >= 11 is 0. The lowest BCUT2D eigenvalue weighted by Gasteiger charge is -2.20. The number of fused-ring (bicyclic) bond motifs is 2. The van der Waals surface area contributed by atoms with Gasteiger partial charge in [-0.05, 0) is 44.9 Å². The zero-order valence-corrected chi connectivity index (χ0v) is 18.0. The number of rotatable bonds is 7. The van der Waals surface area contributed by atoms with E-state index in [0.29, 0.717) is 19.6 Å². The first-order valence-corrected chi connectivity index (χ1v) is 10.7. The largest absolute Gasteiger partial charge is 0.383 e. The molecule has 8 nitrogen and oxygen atoms in total. The van der Waals surface area contributed by atoms with E-state index in [1.54, 1.807) is 13.3 Å². The van der Waals surface area contributed by atoms with E-state index in [2.05, 4.69) is 27.6 Å². The minimum atomic E-state index is 0.134. The summed E-state index contributed by atoms with van der Waals surface area (Å²) in [5.74, 6) is 1.17. The van der Waals surface area contributed by atoms with Crippen LogP contribution in [0, 0.1) is 6.92 Å². The molecule has 0 N–H and O–H groups in total. The molecule has 0 unspecified atom stereocenters. The predicted molar refractivity (Wildman–Crippen MR) is 114 cm³/mol. The number of carbonyl (C=O) groups excluding carboxylic acids is 1. The Labute approximate surface area is 176 Å². The molecular formula is C22H30N6O2. The van der Waals surface area contributed by atoms with Gasteiger partial charge in [-0.25, -0.2) is 9.97 Å². The summed E-state index contributed by atoms with van der Waals surface area (Å²) in [6, 6.07) is 6.10. The third-order valence-corrected chi connectivity index (χ3v) is 5.65. The summed E-state index contributed by atoms with van der Waals surface area (Å²) < 4.78 is 9.54. The fourth-order valence-electron chi connectivity index (χ4n) is 4.31. The molecule has 8 heteroatoms. The first kappa shape index (κ1) is 20.5. The van der Waals surface area contributed by atoms with Crippen molar-refractivity contribution < 1.29 is 9.53 Å². The number of hydrogen-bond donors (Lipinski definition) is 0. The van der Waals surface area contributed by atoms with Crippen LogP contribution in [0.5, 0.6) is 0 Å². The lowest BCUT2D eigenvalue weighted by atomic mass is 10.2. The van der Waals surface area contributed by atoms with Crippen molar-refractivity contribution in [3.05, 3.63) is 41.6 Å². The Morgan fingerprint density at radius 3 is 3.03 bits per heavy atom. The fourth-order valence-corrected chi connectivity index (χ4v) is 4.31. The Morgan fingerprint density at radius 2 is 2.20 bits per heavy atom. The van der Waals surface area contributed by atoms with Crippen molar-refractivity contribution >= 4 is 17.1 Å². The van der Waals surface area contributed by atoms with Crippen molar-refractivity contribution in [2.24, 2.45) is 0 Å². The van der Waals surface area contributed by atoms with Gasteiger partial charge in [0.25, 0.3) is 0 Å². The van der Waals surface area contributed by atoms with Crippen LogP contribution in [0.2, 0.25) is 0 Å². The van der Waals surface area contributed by atoms with Crippen LogP contribution < -0.4 is 0 Å². The minimum absolute atomic E-state index is 0.134. The van der Waals surface area contributed by atoms with Crippen LogP contribution in [0.1, 0.15) is 49.4 Å². The van der Waals surface area contributed by atoms with E-state index < -0.39 is 0 Å². The molecule has 0 aromatic carbocycles. The molecular weight excluding hydrogens is 380 g/mol. The van der Waals surface area contributed by atoms with E-state index in [1.807, 2.05) is 28.6 Å². The van der Waals surface area contributed by atoms with Crippen LogP contribution in [0.3, 0.4) is 0 Å².